The van der Waals surface area contributed by atoms with E-state index in [1.165, 1.54) is 12.8 Å². The third-order valence-electron chi connectivity index (χ3n) is 3.91. The average Bonchev–Trinajstić information content (AvgIpc) is 2.81. The van der Waals surface area contributed by atoms with Crippen molar-refractivity contribution in [3.8, 4) is 0 Å². The summed E-state index contributed by atoms with van der Waals surface area (Å²) < 4.78 is 5.83. The molecule has 0 saturated carbocycles. The Labute approximate surface area is 119 Å². The van der Waals surface area contributed by atoms with Crippen LogP contribution in [0, 0.1) is 5.92 Å². The molecular formula is C15H22N4O. The second-order valence-electron chi connectivity index (χ2n) is 5.92. The molecule has 1 aliphatic heterocycles. The highest BCUT2D eigenvalue weighted by atomic mass is 16.4. The second kappa shape index (κ2) is 5.32. The fourth-order valence-electron chi connectivity index (χ4n) is 2.89. The molecule has 2 N–H and O–H groups in total. The van der Waals surface area contributed by atoms with E-state index >= 15 is 0 Å². The molecule has 0 atom stereocenters. The van der Waals surface area contributed by atoms with Crippen LogP contribution in [0.4, 0.5) is 11.7 Å². The lowest BCUT2D eigenvalue weighted by molar-refractivity contribution is 0.281. The van der Waals surface area contributed by atoms with E-state index in [-0.39, 0.29) is 0 Å². The molecule has 0 aliphatic carbocycles. The van der Waals surface area contributed by atoms with Crippen molar-refractivity contribution in [1.82, 2.24) is 9.88 Å². The normalized spacial score (nSPS) is 17.2. The van der Waals surface area contributed by atoms with E-state index in [4.69, 9.17) is 10.2 Å². The van der Waals surface area contributed by atoms with Crippen LogP contribution in [0.25, 0.3) is 11.1 Å². The minimum absolute atomic E-state index is 0.713. The minimum atomic E-state index is 0.713. The lowest BCUT2D eigenvalue weighted by Crippen LogP contribution is -2.37. The van der Waals surface area contributed by atoms with Gasteiger partial charge in [0.15, 0.2) is 5.58 Å². The van der Waals surface area contributed by atoms with Gasteiger partial charge in [0.05, 0.1) is 0 Å². The average molecular weight is 274 g/mol. The number of nitrogen functional groups attached to an aromatic ring is 1. The van der Waals surface area contributed by atoms with Crippen LogP contribution >= 0.6 is 0 Å². The van der Waals surface area contributed by atoms with Crippen LogP contribution in [0.1, 0.15) is 12.8 Å². The molecule has 0 bridgehead atoms. The highest BCUT2D eigenvalue weighted by Crippen LogP contribution is 2.27. The van der Waals surface area contributed by atoms with E-state index in [0.29, 0.717) is 5.69 Å². The van der Waals surface area contributed by atoms with E-state index < -0.39 is 0 Å². The van der Waals surface area contributed by atoms with Gasteiger partial charge in [0.2, 0.25) is 0 Å². The van der Waals surface area contributed by atoms with Crippen LogP contribution in [-0.2, 0) is 0 Å². The van der Waals surface area contributed by atoms with Gasteiger partial charge in [-0.2, -0.15) is 4.98 Å². The minimum Gasteiger partial charge on any atom is -0.423 e. The van der Waals surface area contributed by atoms with Crippen molar-refractivity contribution >= 4 is 22.8 Å². The summed E-state index contributed by atoms with van der Waals surface area (Å²) in [4.78, 5) is 9.06. The predicted molar refractivity (Wildman–Crippen MR) is 81.9 cm³/mol. The topological polar surface area (TPSA) is 58.5 Å². The van der Waals surface area contributed by atoms with E-state index in [1.54, 1.807) is 0 Å². The first-order valence-electron chi connectivity index (χ1n) is 7.17. The summed E-state index contributed by atoms with van der Waals surface area (Å²) in [5.41, 5.74) is 8.14. The van der Waals surface area contributed by atoms with Gasteiger partial charge in [0, 0.05) is 31.4 Å². The van der Waals surface area contributed by atoms with Crippen LogP contribution in [0.2, 0.25) is 0 Å². The number of hydrogen-bond donors (Lipinski definition) is 1. The number of aromatic nitrogens is 1. The quantitative estimate of drug-likeness (QED) is 0.869. The number of rotatable bonds is 3. The van der Waals surface area contributed by atoms with Gasteiger partial charge in [-0.3, -0.25) is 0 Å². The summed E-state index contributed by atoms with van der Waals surface area (Å²) in [6.07, 6.45) is 2.39. The van der Waals surface area contributed by atoms with Crippen molar-refractivity contribution in [2.24, 2.45) is 5.92 Å². The number of hydrogen-bond acceptors (Lipinski definition) is 5. The van der Waals surface area contributed by atoms with E-state index in [9.17, 15) is 0 Å². The Balaban J connectivity index is 1.70. The summed E-state index contributed by atoms with van der Waals surface area (Å²) in [6.45, 7) is 3.19. The Morgan fingerprint density at radius 2 is 2.10 bits per heavy atom. The molecule has 2 heterocycles. The fraction of sp³-hybridized carbons (Fsp3) is 0.533. The monoisotopic (exact) mass is 274 g/mol. The summed E-state index contributed by atoms with van der Waals surface area (Å²) in [5.74, 6) is 0.779. The zero-order valence-corrected chi connectivity index (χ0v) is 12.2. The van der Waals surface area contributed by atoms with E-state index in [0.717, 1.165) is 42.7 Å². The van der Waals surface area contributed by atoms with Crippen molar-refractivity contribution in [1.29, 1.82) is 0 Å². The summed E-state index contributed by atoms with van der Waals surface area (Å²) >= 11 is 0. The maximum absolute atomic E-state index is 5.83. The van der Waals surface area contributed by atoms with Gasteiger partial charge in [0.25, 0.3) is 6.01 Å². The SMILES string of the molecule is CN(C)CC1CCN(c2nc3ccc(N)cc3o2)CC1. The lowest BCUT2D eigenvalue weighted by Gasteiger charge is -2.32. The standard InChI is InChI=1S/C15H22N4O/c1-18(2)10-11-5-7-19(8-6-11)15-17-13-4-3-12(16)9-14(13)20-15/h3-4,9,11H,5-8,10,16H2,1-2H3. The van der Waals surface area contributed by atoms with Gasteiger partial charge >= 0.3 is 0 Å². The zero-order chi connectivity index (χ0) is 14.1. The van der Waals surface area contributed by atoms with Crippen molar-refractivity contribution in [2.75, 3.05) is 44.4 Å². The smallest absolute Gasteiger partial charge is 0.298 e. The molecule has 5 nitrogen and oxygen atoms in total. The number of nitrogens with zero attached hydrogens (tertiary/aromatic N) is 3. The first-order valence-corrected chi connectivity index (χ1v) is 7.17. The Bertz CT molecular complexity index is 585. The number of fused-ring (bicyclic) bond motifs is 1. The predicted octanol–water partition coefficient (Wildman–Crippen LogP) is 2.19. The number of anilines is 2. The molecule has 0 radical (unpaired) electrons. The number of benzene rings is 1. The van der Waals surface area contributed by atoms with Crippen molar-refractivity contribution in [3.63, 3.8) is 0 Å². The highest BCUT2D eigenvalue weighted by molar-refractivity contribution is 5.78. The Kier molecular flexibility index (Phi) is 3.53. The number of oxazole rings is 1. The highest BCUT2D eigenvalue weighted by Gasteiger charge is 2.22. The van der Waals surface area contributed by atoms with Gasteiger partial charge in [-0.25, -0.2) is 0 Å². The molecule has 0 spiro atoms. The van der Waals surface area contributed by atoms with E-state index in [2.05, 4.69) is 28.9 Å². The molecule has 1 aliphatic rings. The van der Waals surface area contributed by atoms with Crippen LogP contribution in [0.5, 0.6) is 0 Å². The van der Waals surface area contributed by atoms with Crippen molar-refractivity contribution < 1.29 is 4.42 Å². The van der Waals surface area contributed by atoms with Gasteiger partial charge in [0.1, 0.15) is 5.52 Å². The van der Waals surface area contributed by atoms with Crippen molar-refractivity contribution in [3.05, 3.63) is 18.2 Å². The first-order chi connectivity index (χ1) is 9.61. The number of nitrogens with two attached hydrogens (primary N) is 1. The van der Waals surface area contributed by atoms with Gasteiger partial charge in [-0.1, -0.05) is 0 Å². The molecule has 1 aromatic carbocycles. The third kappa shape index (κ3) is 2.72. The third-order valence-corrected chi connectivity index (χ3v) is 3.91. The maximum atomic E-state index is 5.83. The van der Waals surface area contributed by atoms with E-state index in [1.807, 2.05) is 18.2 Å². The molecule has 1 saturated heterocycles. The summed E-state index contributed by atoms with van der Waals surface area (Å²) in [7, 11) is 4.27. The first kappa shape index (κ1) is 13.2. The zero-order valence-electron chi connectivity index (χ0n) is 12.2. The molecular weight excluding hydrogens is 252 g/mol. The summed E-state index contributed by atoms with van der Waals surface area (Å²) in [5, 5.41) is 0. The van der Waals surface area contributed by atoms with Gasteiger partial charge < -0.3 is 20.0 Å². The van der Waals surface area contributed by atoms with Crippen LogP contribution in [0.15, 0.2) is 22.6 Å². The molecule has 1 fully saturated rings. The molecule has 3 rings (SSSR count). The van der Waals surface area contributed by atoms with Crippen molar-refractivity contribution in [2.45, 2.75) is 12.8 Å². The molecule has 2 aromatic rings. The number of piperidine rings is 1. The molecule has 5 heteroatoms. The van der Waals surface area contributed by atoms with Crippen LogP contribution in [0.3, 0.4) is 0 Å². The van der Waals surface area contributed by atoms with Crippen LogP contribution < -0.4 is 10.6 Å². The molecule has 1 aromatic heterocycles. The van der Waals surface area contributed by atoms with Gasteiger partial charge in [-0.15, -0.1) is 0 Å². The molecule has 108 valence electrons. The Morgan fingerprint density at radius 1 is 1.35 bits per heavy atom. The molecule has 0 amide bonds. The molecule has 20 heavy (non-hydrogen) atoms. The Hall–Kier alpha value is -1.75. The fourth-order valence-corrected chi connectivity index (χ4v) is 2.89. The summed E-state index contributed by atoms with van der Waals surface area (Å²) in [6, 6.07) is 6.34. The lowest BCUT2D eigenvalue weighted by atomic mass is 9.97. The molecule has 0 unspecified atom stereocenters. The largest absolute Gasteiger partial charge is 0.423 e. The maximum Gasteiger partial charge on any atom is 0.298 e. The van der Waals surface area contributed by atoms with Gasteiger partial charge in [-0.05, 0) is 45.0 Å². The van der Waals surface area contributed by atoms with Crippen LogP contribution in [-0.4, -0.2) is 43.6 Å². The second-order valence-corrected chi connectivity index (χ2v) is 5.92. The Morgan fingerprint density at radius 3 is 2.80 bits per heavy atom.